The number of nitro benzene ring substituents is 1. The number of ether oxygens (including phenoxy) is 1. The van der Waals surface area contributed by atoms with Gasteiger partial charge in [0, 0.05) is 33.6 Å². The van der Waals surface area contributed by atoms with Crippen LogP contribution in [-0.4, -0.2) is 44.2 Å². The molecule has 2 N–H and O–H groups in total. The summed E-state index contributed by atoms with van der Waals surface area (Å²) < 4.78 is 6.87. The summed E-state index contributed by atoms with van der Waals surface area (Å²) >= 11 is 7.85. The maximum atomic E-state index is 14.1. The number of nitro groups is 1. The van der Waals surface area contributed by atoms with E-state index in [2.05, 4.69) is 5.32 Å². The number of nitrogens with one attached hydrogen (secondary N) is 1. The lowest BCUT2D eigenvalue weighted by Gasteiger charge is -2.31. The first-order valence-corrected chi connectivity index (χ1v) is 15.7. The summed E-state index contributed by atoms with van der Waals surface area (Å²) in [6.45, 7) is 1.66. The topological polar surface area (TPSA) is 161 Å². The summed E-state index contributed by atoms with van der Waals surface area (Å²) in [6.07, 6.45) is 0. The van der Waals surface area contributed by atoms with E-state index < -0.39 is 44.6 Å². The van der Waals surface area contributed by atoms with Gasteiger partial charge in [-0.15, -0.1) is 0 Å². The normalized spacial score (nSPS) is 18.8. The number of phenolic OH excluding ortho intramolecular Hbond substituents is 1. The molecule has 3 amide bonds. The second-order valence-electron chi connectivity index (χ2n) is 10.2. The molecule has 3 atom stereocenters. The van der Waals surface area contributed by atoms with Crippen LogP contribution in [0.5, 0.6) is 11.5 Å². The van der Waals surface area contributed by atoms with Crippen molar-refractivity contribution in [3.63, 3.8) is 0 Å². The minimum absolute atomic E-state index is 0.117. The van der Waals surface area contributed by atoms with Crippen LogP contribution in [0, 0.1) is 16.0 Å². The largest absolute Gasteiger partial charge is 0.504 e. The molecule has 0 aliphatic carbocycles. The molecular formula is C30H23ClN4O8S2. The van der Waals surface area contributed by atoms with Crippen molar-refractivity contribution in [2.45, 2.75) is 29.7 Å². The second-order valence-corrected chi connectivity index (χ2v) is 12.7. The number of amides is 3. The number of nitrogens with zero attached hydrogens (tertiary/aromatic N) is 3. The smallest absolute Gasteiger partial charge is 0.308 e. The number of carbonyl (C=O) groups excluding carboxylic acids is 3. The molecular weight excluding hydrogens is 644 g/mol. The Balaban J connectivity index is 1.42. The lowest BCUT2D eigenvalue weighted by molar-refractivity contribution is -0.384. The zero-order chi connectivity index (χ0) is 32.0. The molecule has 3 heterocycles. The molecule has 12 nitrogen and oxygen atoms in total. The molecule has 2 unspecified atom stereocenters. The Morgan fingerprint density at radius 3 is 2.44 bits per heavy atom. The number of anilines is 2. The molecule has 6 rings (SSSR count). The fraction of sp³-hybridized carbons (Fsp3) is 0.200. The van der Waals surface area contributed by atoms with Crippen LogP contribution in [0.15, 0.2) is 76.6 Å². The third-order valence-electron chi connectivity index (χ3n) is 7.44. The van der Waals surface area contributed by atoms with Crippen molar-refractivity contribution in [3.05, 3.63) is 102 Å². The first kappa shape index (κ1) is 30.4. The van der Waals surface area contributed by atoms with Crippen LogP contribution < -0.4 is 19.8 Å². The first-order valence-electron chi connectivity index (χ1n) is 13.6. The molecule has 230 valence electrons. The van der Waals surface area contributed by atoms with Crippen molar-refractivity contribution in [2.75, 3.05) is 16.8 Å². The van der Waals surface area contributed by atoms with Crippen molar-refractivity contribution in [2.24, 2.45) is 5.92 Å². The van der Waals surface area contributed by atoms with Gasteiger partial charge in [-0.25, -0.2) is 4.90 Å². The van der Waals surface area contributed by atoms with E-state index in [0.717, 1.165) is 28.0 Å². The predicted octanol–water partition coefficient (Wildman–Crippen LogP) is 5.01. The first-order chi connectivity index (χ1) is 21.6. The van der Waals surface area contributed by atoms with Crippen molar-refractivity contribution in [1.82, 2.24) is 4.57 Å². The molecule has 4 aromatic rings. The number of benzene rings is 3. The Kier molecular flexibility index (Phi) is 8.12. The number of imide groups is 1. The number of thioether (sulfide) groups is 1. The number of carbonyl (C=O) groups is 3. The molecule has 1 fully saturated rings. The van der Waals surface area contributed by atoms with Crippen LogP contribution in [0.25, 0.3) is 0 Å². The summed E-state index contributed by atoms with van der Waals surface area (Å²) in [7, 11) is 0. The van der Waals surface area contributed by atoms with Gasteiger partial charge >= 0.3 is 4.87 Å². The fourth-order valence-corrected chi connectivity index (χ4v) is 8.36. The second kappa shape index (κ2) is 12.0. The number of non-ortho nitro benzene ring substituents is 1. The molecule has 0 radical (unpaired) electrons. The van der Waals surface area contributed by atoms with E-state index in [1.54, 1.807) is 43.3 Å². The molecule has 0 spiro atoms. The number of aromatic nitrogens is 1. The van der Waals surface area contributed by atoms with E-state index in [9.17, 15) is 34.4 Å². The monoisotopic (exact) mass is 666 g/mol. The maximum absolute atomic E-state index is 14.1. The quantitative estimate of drug-likeness (QED) is 0.150. The van der Waals surface area contributed by atoms with Gasteiger partial charge in [0.15, 0.2) is 11.5 Å². The number of fused-ring (bicyclic) bond motifs is 2. The number of phenols is 1. The summed E-state index contributed by atoms with van der Waals surface area (Å²) in [5.41, 5.74) is 0.986. The van der Waals surface area contributed by atoms with Crippen molar-refractivity contribution >= 4 is 69.5 Å². The molecule has 15 heteroatoms. The third kappa shape index (κ3) is 5.56. The molecule has 2 aliphatic heterocycles. The van der Waals surface area contributed by atoms with Gasteiger partial charge in [-0.2, -0.15) is 0 Å². The van der Waals surface area contributed by atoms with Gasteiger partial charge in [0.25, 0.3) is 5.69 Å². The summed E-state index contributed by atoms with van der Waals surface area (Å²) in [4.78, 5) is 66.0. The van der Waals surface area contributed by atoms with Crippen molar-refractivity contribution < 1.29 is 29.2 Å². The van der Waals surface area contributed by atoms with E-state index in [4.69, 9.17) is 16.3 Å². The molecule has 3 aromatic carbocycles. The number of aromatic hydroxyl groups is 1. The van der Waals surface area contributed by atoms with Crippen LogP contribution in [0.2, 0.25) is 5.02 Å². The zero-order valence-corrected chi connectivity index (χ0v) is 25.7. The average Bonchev–Trinajstić information content (AvgIpc) is 3.45. The summed E-state index contributed by atoms with van der Waals surface area (Å²) in [5.74, 6) is -3.29. The van der Waals surface area contributed by atoms with Gasteiger partial charge in [-0.05, 0) is 61.0 Å². The highest BCUT2D eigenvalue weighted by atomic mass is 35.5. The number of rotatable bonds is 8. The third-order valence-corrected chi connectivity index (χ3v) is 10.3. The highest BCUT2D eigenvalue weighted by molar-refractivity contribution is 8.00. The van der Waals surface area contributed by atoms with E-state index in [0.29, 0.717) is 26.2 Å². The molecule has 45 heavy (non-hydrogen) atoms. The van der Waals surface area contributed by atoms with Crippen LogP contribution in [0.1, 0.15) is 23.3 Å². The fourth-order valence-electron chi connectivity index (χ4n) is 5.46. The maximum Gasteiger partial charge on any atom is 0.308 e. The lowest BCUT2D eigenvalue weighted by atomic mass is 9.83. The predicted molar refractivity (Wildman–Crippen MR) is 169 cm³/mol. The average molecular weight is 667 g/mol. The van der Waals surface area contributed by atoms with E-state index in [-0.39, 0.29) is 36.0 Å². The van der Waals surface area contributed by atoms with Gasteiger partial charge in [0.2, 0.25) is 17.7 Å². The van der Waals surface area contributed by atoms with Gasteiger partial charge < -0.3 is 15.2 Å². The standard InChI is InChI=1S/C30H23ClN4O8S2/c1-2-43-21-13-15(3-12-20(21)36)23-24-25(28(39)34(27(24)38)18-8-10-19(11-9-18)35(41)42)44-29-26(23)45-30(40)33(29)14-22(37)32-17-6-4-16(31)5-7-17/h3-13,23-25,36H,2,14H2,1H3,(H,32,37)/t23-,24?,25?/m0/s1. The van der Waals surface area contributed by atoms with Crippen molar-refractivity contribution in [3.8, 4) is 11.5 Å². The molecule has 1 aromatic heterocycles. The van der Waals surface area contributed by atoms with Gasteiger partial charge in [0.1, 0.15) is 11.8 Å². The molecule has 0 saturated carbocycles. The van der Waals surface area contributed by atoms with Crippen LogP contribution in [-0.2, 0) is 20.9 Å². The molecule has 2 aliphatic rings. The Bertz CT molecular complexity index is 1910. The van der Waals surface area contributed by atoms with E-state index in [1.165, 1.54) is 34.9 Å². The molecule has 1 saturated heterocycles. The number of halogens is 1. The Hall–Kier alpha value is -4.66. The zero-order valence-electron chi connectivity index (χ0n) is 23.3. The Morgan fingerprint density at radius 1 is 1.07 bits per heavy atom. The highest BCUT2D eigenvalue weighted by Crippen LogP contribution is 2.54. The van der Waals surface area contributed by atoms with Crippen LogP contribution in [0.3, 0.4) is 0 Å². The van der Waals surface area contributed by atoms with E-state index in [1.807, 2.05) is 0 Å². The van der Waals surface area contributed by atoms with Crippen molar-refractivity contribution in [1.29, 1.82) is 0 Å². The molecule has 0 bridgehead atoms. The highest BCUT2D eigenvalue weighted by Gasteiger charge is 2.57. The minimum Gasteiger partial charge on any atom is -0.504 e. The minimum atomic E-state index is -0.978. The number of thiazole rings is 1. The number of hydrogen-bond donors (Lipinski definition) is 2. The van der Waals surface area contributed by atoms with Gasteiger partial charge in [-0.1, -0.05) is 40.8 Å². The lowest BCUT2D eigenvalue weighted by Crippen LogP contribution is -2.33. The number of hydrogen-bond acceptors (Lipinski definition) is 10. The van der Waals surface area contributed by atoms with Gasteiger partial charge in [0.05, 0.1) is 28.2 Å². The summed E-state index contributed by atoms with van der Waals surface area (Å²) in [6, 6.07) is 16.2. The SMILES string of the molecule is CCOc1cc([C@@H]2c3sc(=O)n(CC(=O)Nc4ccc(Cl)cc4)c3SC3C(=O)N(c4ccc([N+](=O)[O-])cc4)C(=O)C32)ccc1O. The van der Waals surface area contributed by atoms with Gasteiger partial charge in [-0.3, -0.25) is 33.9 Å². The summed E-state index contributed by atoms with van der Waals surface area (Å²) in [5, 5.41) is 24.2. The van der Waals surface area contributed by atoms with Crippen LogP contribution in [0.4, 0.5) is 17.1 Å². The Labute approximate surface area is 268 Å². The Morgan fingerprint density at radius 2 is 1.78 bits per heavy atom. The van der Waals surface area contributed by atoms with Crippen LogP contribution >= 0.6 is 34.7 Å². The van der Waals surface area contributed by atoms with E-state index >= 15 is 0 Å².